The van der Waals surface area contributed by atoms with Crippen molar-refractivity contribution in [3.8, 4) is 6.07 Å². The number of benzene rings is 1. The van der Waals surface area contributed by atoms with E-state index in [1.165, 1.54) is 5.56 Å². The lowest BCUT2D eigenvalue weighted by Gasteiger charge is -2.25. The lowest BCUT2D eigenvalue weighted by atomic mass is 9.99. The van der Waals surface area contributed by atoms with Crippen LogP contribution in [0.15, 0.2) is 30.3 Å². The van der Waals surface area contributed by atoms with Gasteiger partial charge in [0, 0.05) is 13.7 Å². The van der Waals surface area contributed by atoms with Crippen LogP contribution < -0.4 is 5.32 Å². The predicted molar refractivity (Wildman–Crippen MR) is 63.8 cm³/mol. The third-order valence-corrected chi connectivity index (χ3v) is 2.68. The first-order valence-electron chi connectivity index (χ1n) is 5.45. The van der Waals surface area contributed by atoms with Crippen LogP contribution in [0, 0.1) is 11.3 Å². The molecule has 1 aromatic carbocycles. The molecule has 0 aromatic heterocycles. The topological polar surface area (TPSA) is 45.0 Å². The van der Waals surface area contributed by atoms with Crippen molar-refractivity contribution in [1.29, 1.82) is 5.26 Å². The van der Waals surface area contributed by atoms with Crippen LogP contribution in [0.25, 0.3) is 0 Å². The van der Waals surface area contributed by atoms with E-state index in [2.05, 4.69) is 11.4 Å². The van der Waals surface area contributed by atoms with E-state index in [0.717, 1.165) is 6.42 Å². The van der Waals surface area contributed by atoms with E-state index in [9.17, 15) is 5.26 Å². The van der Waals surface area contributed by atoms with E-state index >= 15 is 0 Å². The van der Waals surface area contributed by atoms with Crippen molar-refractivity contribution in [2.75, 3.05) is 13.7 Å². The zero-order valence-corrected chi connectivity index (χ0v) is 9.86. The van der Waals surface area contributed by atoms with Gasteiger partial charge in [0.1, 0.15) is 5.54 Å². The second-order valence-electron chi connectivity index (χ2n) is 3.82. The lowest BCUT2D eigenvalue weighted by molar-refractivity contribution is 0.134. The SMILES string of the molecule is CCC(C#N)(COC)NCc1ccccc1. The van der Waals surface area contributed by atoms with E-state index in [0.29, 0.717) is 13.2 Å². The Hall–Kier alpha value is -1.37. The third-order valence-electron chi connectivity index (χ3n) is 2.68. The van der Waals surface area contributed by atoms with Crippen LogP contribution in [0.4, 0.5) is 0 Å². The second-order valence-corrected chi connectivity index (χ2v) is 3.82. The molecule has 0 bridgehead atoms. The minimum absolute atomic E-state index is 0.410. The first-order chi connectivity index (χ1) is 7.76. The van der Waals surface area contributed by atoms with Crippen molar-refractivity contribution in [3.63, 3.8) is 0 Å². The molecular formula is C13H18N2O. The van der Waals surface area contributed by atoms with Gasteiger partial charge >= 0.3 is 0 Å². The Morgan fingerprint density at radius 3 is 2.56 bits per heavy atom. The molecule has 0 fully saturated rings. The van der Waals surface area contributed by atoms with Gasteiger partial charge < -0.3 is 4.74 Å². The molecule has 0 aliphatic rings. The summed E-state index contributed by atoms with van der Waals surface area (Å²) in [6.45, 7) is 3.08. The molecule has 1 N–H and O–H groups in total. The summed E-state index contributed by atoms with van der Waals surface area (Å²) in [4.78, 5) is 0. The fraction of sp³-hybridized carbons (Fsp3) is 0.462. The lowest BCUT2D eigenvalue weighted by Crippen LogP contribution is -2.46. The summed E-state index contributed by atoms with van der Waals surface area (Å²) < 4.78 is 5.09. The first kappa shape index (κ1) is 12.7. The zero-order valence-electron chi connectivity index (χ0n) is 9.86. The molecule has 1 atom stereocenters. The van der Waals surface area contributed by atoms with Gasteiger partial charge in [-0.2, -0.15) is 5.26 Å². The van der Waals surface area contributed by atoms with Crippen molar-refractivity contribution in [2.24, 2.45) is 0 Å². The van der Waals surface area contributed by atoms with Crippen LogP contribution in [0.3, 0.4) is 0 Å². The number of hydrogen-bond donors (Lipinski definition) is 1. The summed E-state index contributed by atoms with van der Waals surface area (Å²) in [6, 6.07) is 12.3. The molecule has 0 saturated heterocycles. The molecule has 86 valence electrons. The summed E-state index contributed by atoms with van der Waals surface area (Å²) >= 11 is 0. The Morgan fingerprint density at radius 2 is 2.06 bits per heavy atom. The highest BCUT2D eigenvalue weighted by Crippen LogP contribution is 2.11. The van der Waals surface area contributed by atoms with E-state index in [1.807, 2.05) is 37.3 Å². The molecule has 0 spiro atoms. The van der Waals surface area contributed by atoms with Crippen molar-refractivity contribution in [2.45, 2.75) is 25.4 Å². The van der Waals surface area contributed by atoms with Gasteiger partial charge in [0.25, 0.3) is 0 Å². The van der Waals surface area contributed by atoms with Crippen molar-refractivity contribution < 1.29 is 4.74 Å². The van der Waals surface area contributed by atoms with Gasteiger partial charge in [0.2, 0.25) is 0 Å². The number of nitrogens with one attached hydrogen (secondary N) is 1. The molecular weight excluding hydrogens is 200 g/mol. The van der Waals surface area contributed by atoms with Crippen LogP contribution in [0.5, 0.6) is 0 Å². The molecule has 1 unspecified atom stereocenters. The Kier molecular flexibility index (Phi) is 4.97. The van der Waals surface area contributed by atoms with E-state index in [-0.39, 0.29) is 0 Å². The Labute approximate surface area is 97.0 Å². The quantitative estimate of drug-likeness (QED) is 0.795. The number of nitriles is 1. The molecule has 16 heavy (non-hydrogen) atoms. The van der Waals surface area contributed by atoms with Crippen molar-refractivity contribution in [1.82, 2.24) is 5.32 Å². The van der Waals surface area contributed by atoms with Crippen molar-refractivity contribution >= 4 is 0 Å². The van der Waals surface area contributed by atoms with Crippen LogP contribution in [0.1, 0.15) is 18.9 Å². The monoisotopic (exact) mass is 218 g/mol. The molecule has 1 aromatic rings. The summed E-state index contributed by atoms with van der Waals surface area (Å²) in [5.74, 6) is 0. The third kappa shape index (κ3) is 3.34. The maximum atomic E-state index is 9.19. The number of ether oxygens (including phenoxy) is 1. The van der Waals surface area contributed by atoms with Crippen LogP contribution in [-0.4, -0.2) is 19.3 Å². The highest BCUT2D eigenvalue weighted by Gasteiger charge is 2.26. The fourth-order valence-corrected chi connectivity index (χ4v) is 1.54. The normalized spacial score (nSPS) is 14.1. The van der Waals surface area contributed by atoms with Crippen LogP contribution in [-0.2, 0) is 11.3 Å². The van der Waals surface area contributed by atoms with Gasteiger partial charge in [0.05, 0.1) is 12.7 Å². The van der Waals surface area contributed by atoms with Crippen molar-refractivity contribution in [3.05, 3.63) is 35.9 Å². The Balaban J connectivity index is 2.61. The summed E-state index contributed by atoms with van der Waals surface area (Å²) in [7, 11) is 1.62. The van der Waals surface area contributed by atoms with Gasteiger partial charge in [-0.05, 0) is 12.0 Å². The molecule has 0 radical (unpaired) electrons. The average Bonchev–Trinajstić information content (AvgIpc) is 2.36. The number of hydrogen-bond acceptors (Lipinski definition) is 3. The first-order valence-corrected chi connectivity index (χ1v) is 5.45. The highest BCUT2D eigenvalue weighted by molar-refractivity contribution is 5.16. The number of nitrogens with zero attached hydrogens (tertiary/aromatic N) is 1. The number of rotatable bonds is 6. The average molecular weight is 218 g/mol. The molecule has 1 rings (SSSR count). The highest BCUT2D eigenvalue weighted by atomic mass is 16.5. The molecule has 0 aliphatic carbocycles. The summed E-state index contributed by atoms with van der Waals surface area (Å²) in [5, 5.41) is 12.5. The summed E-state index contributed by atoms with van der Waals surface area (Å²) in [6.07, 6.45) is 0.726. The van der Waals surface area contributed by atoms with Crippen LogP contribution in [0.2, 0.25) is 0 Å². The van der Waals surface area contributed by atoms with Gasteiger partial charge in [-0.25, -0.2) is 0 Å². The van der Waals surface area contributed by atoms with Gasteiger partial charge in [-0.15, -0.1) is 0 Å². The molecule has 0 amide bonds. The van der Waals surface area contributed by atoms with Crippen LogP contribution >= 0.6 is 0 Å². The maximum Gasteiger partial charge on any atom is 0.130 e. The fourth-order valence-electron chi connectivity index (χ4n) is 1.54. The minimum Gasteiger partial charge on any atom is -0.382 e. The minimum atomic E-state index is -0.579. The zero-order chi connectivity index (χ0) is 11.9. The standard InChI is InChI=1S/C13H18N2O/c1-3-13(10-14,11-16-2)15-9-12-7-5-4-6-8-12/h4-8,15H,3,9,11H2,1-2H3. The van der Waals surface area contributed by atoms with Gasteiger partial charge in [-0.1, -0.05) is 37.3 Å². The Bertz CT molecular complexity index is 345. The van der Waals surface area contributed by atoms with E-state index in [4.69, 9.17) is 4.74 Å². The second kappa shape index (κ2) is 6.26. The molecule has 3 heteroatoms. The molecule has 0 heterocycles. The predicted octanol–water partition coefficient (Wildman–Crippen LogP) is 2.09. The van der Waals surface area contributed by atoms with Gasteiger partial charge in [0.15, 0.2) is 0 Å². The molecule has 0 saturated carbocycles. The van der Waals surface area contributed by atoms with E-state index < -0.39 is 5.54 Å². The van der Waals surface area contributed by atoms with Gasteiger partial charge in [-0.3, -0.25) is 5.32 Å². The molecule has 3 nitrogen and oxygen atoms in total. The van der Waals surface area contributed by atoms with E-state index in [1.54, 1.807) is 7.11 Å². The number of methoxy groups -OCH3 is 1. The molecule has 0 aliphatic heterocycles. The maximum absolute atomic E-state index is 9.19. The largest absolute Gasteiger partial charge is 0.382 e. The Morgan fingerprint density at radius 1 is 1.38 bits per heavy atom. The summed E-state index contributed by atoms with van der Waals surface area (Å²) in [5.41, 5.74) is 0.594. The smallest absolute Gasteiger partial charge is 0.130 e.